The maximum atomic E-state index is 14.2. The predicted octanol–water partition coefficient (Wildman–Crippen LogP) is 3.02. The summed E-state index contributed by atoms with van der Waals surface area (Å²) in [5, 5.41) is 2.66. The monoisotopic (exact) mass is 380 g/mol. The molecule has 0 radical (unpaired) electrons. The predicted molar refractivity (Wildman–Crippen MR) is 99.4 cm³/mol. The van der Waals surface area contributed by atoms with Gasteiger partial charge in [0.15, 0.2) is 0 Å². The molecule has 26 heavy (non-hydrogen) atoms. The lowest BCUT2D eigenvalue weighted by molar-refractivity contribution is -0.117. The number of ether oxygens (including phenoxy) is 1. The number of methoxy groups -OCH3 is 1. The van der Waals surface area contributed by atoms with Crippen LogP contribution in [-0.2, 0) is 14.8 Å². The van der Waals surface area contributed by atoms with Gasteiger partial charge in [-0.05, 0) is 30.7 Å². The highest BCUT2D eigenvalue weighted by molar-refractivity contribution is 7.92. The van der Waals surface area contributed by atoms with Gasteiger partial charge in [-0.2, -0.15) is 0 Å². The van der Waals surface area contributed by atoms with Crippen molar-refractivity contribution in [3.05, 3.63) is 54.3 Å². The third-order valence-electron chi connectivity index (χ3n) is 3.78. The topological polar surface area (TPSA) is 75.7 Å². The van der Waals surface area contributed by atoms with Gasteiger partial charge in [-0.25, -0.2) is 12.8 Å². The van der Waals surface area contributed by atoms with Gasteiger partial charge in [0.05, 0.1) is 24.7 Å². The molecule has 2 rings (SSSR count). The van der Waals surface area contributed by atoms with E-state index in [9.17, 15) is 17.6 Å². The Morgan fingerprint density at radius 3 is 2.38 bits per heavy atom. The van der Waals surface area contributed by atoms with Gasteiger partial charge < -0.3 is 10.1 Å². The molecule has 0 fully saturated rings. The number of carbonyl (C=O) groups excluding carboxylic acids is 1. The number of halogens is 1. The van der Waals surface area contributed by atoms with Gasteiger partial charge in [-0.1, -0.05) is 31.2 Å². The Labute approximate surface area is 152 Å². The molecule has 2 aromatic carbocycles. The van der Waals surface area contributed by atoms with Crippen LogP contribution in [0.1, 0.15) is 13.3 Å². The van der Waals surface area contributed by atoms with Crippen LogP contribution in [0.5, 0.6) is 5.75 Å². The highest BCUT2D eigenvalue weighted by Crippen LogP contribution is 2.28. The number of sulfonamides is 1. The van der Waals surface area contributed by atoms with E-state index in [1.165, 1.54) is 25.3 Å². The number of nitrogens with one attached hydrogen (secondary N) is 1. The van der Waals surface area contributed by atoms with Gasteiger partial charge >= 0.3 is 0 Å². The van der Waals surface area contributed by atoms with Crippen molar-refractivity contribution in [2.75, 3.05) is 23.0 Å². The Hall–Kier alpha value is -2.61. The van der Waals surface area contributed by atoms with Crippen molar-refractivity contribution in [2.24, 2.45) is 0 Å². The van der Waals surface area contributed by atoms with E-state index in [-0.39, 0.29) is 12.1 Å². The minimum absolute atomic E-state index is 0.155. The number of carbonyl (C=O) groups is 1. The van der Waals surface area contributed by atoms with Crippen LogP contribution in [0.25, 0.3) is 0 Å². The summed E-state index contributed by atoms with van der Waals surface area (Å²) in [6.45, 7) is 1.66. The number of nitrogens with zero attached hydrogens (tertiary/aromatic N) is 1. The lowest BCUT2D eigenvalue weighted by atomic mass is 10.1. The van der Waals surface area contributed by atoms with Crippen LogP contribution >= 0.6 is 0 Å². The summed E-state index contributed by atoms with van der Waals surface area (Å²) in [4.78, 5) is 12.8. The van der Waals surface area contributed by atoms with Crippen LogP contribution in [0, 0.1) is 5.82 Å². The molecule has 8 heteroatoms. The maximum absolute atomic E-state index is 14.2. The SMILES string of the molecule is CCC(C(=O)Nc1ccccc1OC)N(c1ccccc1F)S(C)(=O)=O. The highest BCUT2D eigenvalue weighted by atomic mass is 32.2. The van der Waals surface area contributed by atoms with Crippen molar-refractivity contribution in [1.82, 2.24) is 0 Å². The fraction of sp³-hybridized carbons (Fsp3) is 0.278. The van der Waals surface area contributed by atoms with Crippen molar-refractivity contribution in [3.8, 4) is 5.75 Å². The molecule has 0 aliphatic carbocycles. The van der Waals surface area contributed by atoms with Crippen molar-refractivity contribution in [2.45, 2.75) is 19.4 Å². The summed E-state index contributed by atoms with van der Waals surface area (Å²) in [5.41, 5.74) is 0.234. The Kier molecular flexibility index (Phi) is 6.20. The van der Waals surface area contributed by atoms with Crippen molar-refractivity contribution >= 4 is 27.3 Å². The van der Waals surface area contributed by atoms with Gasteiger partial charge in [0.25, 0.3) is 0 Å². The molecule has 0 aliphatic heterocycles. The van der Waals surface area contributed by atoms with Crippen molar-refractivity contribution in [3.63, 3.8) is 0 Å². The Morgan fingerprint density at radius 1 is 1.19 bits per heavy atom. The summed E-state index contributed by atoms with van der Waals surface area (Å²) < 4.78 is 44.9. The second-order valence-electron chi connectivity index (χ2n) is 5.62. The molecular formula is C18H21FN2O4S. The molecule has 1 N–H and O–H groups in total. The van der Waals surface area contributed by atoms with Gasteiger partial charge in [0, 0.05) is 0 Å². The van der Waals surface area contributed by atoms with Crippen molar-refractivity contribution in [1.29, 1.82) is 0 Å². The van der Waals surface area contributed by atoms with Crippen LogP contribution < -0.4 is 14.4 Å². The summed E-state index contributed by atoms with van der Waals surface area (Å²) in [6.07, 6.45) is 1.10. The normalized spacial score (nSPS) is 12.3. The standard InChI is InChI=1S/C18H21FN2O4S/c1-4-15(18(22)20-14-10-6-8-12-17(14)25-2)21(26(3,23)24)16-11-7-5-9-13(16)19/h5-12,15H,4H2,1-3H3,(H,20,22). The third kappa shape index (κ3) is 4.32. The van der Waals surface area contributed by atoms with E-state index < -0.39 is 27.8 Å². The molecule has 2 aromatic rings. The summed E-state index contributed by atoms with van der Waals surface area (Å²) >= 11 is 0. The molecule has 6 nitrogen and oxygen atoms in total. The summed E-state index contributed by atoms with van der Waals surface area (Å²) in [7, 11) is -2.44. The molecule has 0 spiro atoms. The number of hydrogen-bond donors (Lipinski definition) is 1. The molecule has 1 amide bonds. The maximum Gasteiger partial charge on any atom is 0.248 e. The van der Waals surface area contributed by atoms with E-state index in [0.717, 1.165) is 16.6 Å². The van der Waals surface area contributed by atoms with Crippen LogP contribution in [0.3, 0.4) is 0 Å². The van der Waals surface area contributed by atoms with Gasteiger partial charge in [-0.15, -0.1) is 0 Å². The third-order valence-corrected chi connectivity index (χ3v) is 4.95. The molecule has 1 atom stereocenters. The summed E-state index contributed by atoms with van der Waals surface area (Å²) in [5.74, 6) is -0.861. The summed E-state index contributed by atoms with van der Waals surface area (Å²) in [6, 6.07) is 11.1. The van der Waals surface area contributed by atoms with E-state index >= 15 is 0 Å². The Balaban J connectivity index is 2.42. The second-order valence-corrected chi connectivity index (χ2v) is 7.48. The van der Waals surface area contributed by atoms with E-state index in [4.69, 9.17) is 4.74 Å². The van der Waals surface area contributed by atoms with Crippen LogP contribution in [-0.4, -0.2) is 33.7 Å². The number of hydrogen-bond acceptors (Lipinski definition) is 4. The first kappa shape index (κ1) is 19.7. The number of rotatable bonds is 7. The molecule has 0 saturated heterocycles. The molecule has 1 unspecified atom stereocenters. The van der Waals surface area contributed by atoms with Gasteiger partial charge in [-0.3, -0.25) is 9.10 Å². The molecule has 140 valence electrons. The fourth-order valence-corrected chi connectivity index (χ4v) is 3.84. The largest absolute Gasteiger partial charge is 0.495 e. The van der Waals surface area contributed by atoms with Gasteiger partial charge in [0.1, 0.15) is 17.6 Å². The first-order valence-corrected chi connectivity index (χ1v) is 9.82. The average molecular weight is 380 g/mol. The average Bonchev–Trinajstić information content (AvgIpc) is 2.59. The first-order chi connectivity index (χ1) is 12.3. The zero-order chi connectivity index (χ0) is 19.3. The van der Waals surface area contributed by atoms with Crippen LogP contribution in [0.15, 0.2) is 48.5 Å². The minimum Gasteiger partial charge on any atom is -0.495 e. The van der Waals surface area contributed by atoms with E-state index in [1.54, 1.807) is 31.2 Å². The highest BCUT2D eigenvalue weighted by Gasteiger charge is 2.33. The van der Waals surface area contributed by atoms with Crippen LogP contribution in [0.4, 0.5) is 15.8 Å². The molecule has 0 heterocycles. The minimum atomic E-state index is -3.90. The zero-order valence-electron chi connectivity index (χ0n) is 14.8. The van der Waals surface area contributed by atoms with Gasteiger partial charge in [0.2, 0.25) is 15.9 Å². The Morgan fingerprint density at radius 2 is 1.81 bits per heavy atom. The first-order valence-electron chi connectivity index (χ1n) is 7.97. The van der Waals surface area contributed by atoms with E-state index in [0.29, 0.717) is 11.4 Å². The second kappa shape index (κ2) is 8.18. The van der Waals surface area contributed by atoms with Crippen LogP contribution in [0.2, 0.25) is 0 Å². The molecular weight excluding hydrogens is 359 g/mol. The molecule has 0 bridgehead atoms. The number of benzene rings is 2. The zero-order valence-corrected chi connectivity index (χ0v) is 15.6. The lowest BCUT2D eigenvalue weighted by Gasteiger charge is -2.30. The number of amides is 1. The van der Waals surface area contributed by atoms with Crippen molar-refractivity contribution < 1.29 is 22.3 Å². The molecule has 0 saturated carbocycles. The van der Waals surface area contributed by atoms with E-state index in [2.05, 4.69) is 5.32 Å². The van der Waals surface area contributed by atoms with E-state index in [1.807, 2.05) is 0 Å². The Bertz CT molecular complexity index is 886. The molecule has 0 aromatic heterocycles. The number of para-hydroxylation sites is 3. The molecule has 0 aliphatic rings. The number of anilines is 2. The smallest absolute Gasteiger partial charge is 0.248 e. The fourth-order valence-electron chi connectivity index (χ4n) is 2.63. The lowest BCUT2D eigenvalue weighted by Crippen LogP contribution is -2.47. The quantitative estimate of drug-likeness (QED) is 0.801.